The van der Waals surface area contributed by atoms with Gasteiger partial charge in [0.05, 0.1) is 18.3 Å². The van der Waals surface area contributed by atoms with Crippen LogP contribution in [0.5, 0.6) is 0 Å². The Morgan fingerprint density at radius 3 is 2.91 bits per heavy atom. The SMILES string of the molecule is CNCCN1CCO[C@@H](CCNc2cccc3c2C[N+]([O-])(C2CCC(=O)NC2=O)C3=O)C1. The molecule has 0 bridgehead atoms. The fourth-order valence-corrected chi connectivity index (χ4v) is 4.76. The lowest BCUT2D eigenvalue weighted by Gasteiger charge is -2.42. The van der Waals surface area contributed by atoms with Crippen molar-refractivity contribution in [2.75, 3.05) is 51.7 Å². The van der Waals surface area contributed by atoms with Crippen LogP contribution in [0.1, 0.15) is 35.2 Å². The quantitative estimate of drug-likeness (QED) is 0.294. The van der Waals surface area contributed by atoms with Gasteiger partial charge in [0.25, 0.3) is 5.91 Å². The van der Waals surface area contributed by atoms with Gasteiger partial charge in [-0.2, -0.15) is 0 Å². The van der Waals surface area contributed by atoms with Crippen molar-refractivity contribution in [3.63, 3.8) is 0 Å². The number of hydrogen-bond donors (Lipinski definition) is 3. The number of carbonyl (C=O) groups excluding carboxylic acids is 3. The van der Waals surface area contributed by atoms with E-state index < -0.39 is 28.4 Å². The molecule has 2 saturated heterocycles. The first-order chi connectivity index (χ1) is 15.4. The van der Waals surface area contributed by atoms with Crippen LogP contribution in [0.2, 0.25) is 0 Å². The minimum Gasteiger partial charge on any atom is -0.624 e. The van der Waals surface area contributed by atoms with Gasteiger partial charge in [-0.1, -0.05) is 6.07 Å². The van der Waals surface area contributed by atoms with Crippen molar-refractivity contribution in [1.29, 1.82) is 0 Å². The van der Waals surface area contributed by atoms with Crippen LogP contribution in [-0.2, 0) is 20.9 Å². The normalized spacial score (nSPS) is 28.5. The average molecular weight is 446 g/mol. The van der Waals surface area contributed by atoms with E-state index in [9.17, 15) is 19.6 Å². The molecule has 0 aliphatic carbocycles. The van der Waals surface area contributed by atoms with Crippen molar-refractivity contribution in [2.45, 2.75) is 38.0 Å². The maximum Gasteiger partial charge on any atom is 0.347 e. The van der Waals surface area contributed by atoms with Gasteiger partial charge in [0.15, 0.2) is 6.04 Å². The minimum absolute atomic E-state index is 0.0695. The van der Waals surface area contributed by atoms with Crippen LogP contribution in [0, 0.1) is 5.21 Å². The molecule has 1 aromatic rings. The molecule has 3 atom stereocenters. The van der Waals surface area contributed by atoms with Gasteiger partial charge in [-0.15, -0.1) is 0 Å². The third kappa shape index (κ3) is 4.55. The highest BCUT2D eigenvalue weighted by atomic mass is 16.6. The molecule has 2 unspecified atom stereocenters. The predicted molar refractivity (Wildman–Crippen MR) is 117 cm³/mol. The van der Waals surface area contributed by atoms with E-state index in [-0.39, 0.29) is 25.5 Å². The van der Waals surface area contributed by atoms with E-state index in [1.54, 1.807) is 12.1 Å². The summed E-state index contributed by atoms with van der Waals surface area (Å²) in [6.07, 6.45) is 1.09. The molecule has 3 N–H and O–H groups in total. The van der Waals surface area contributed by atoms with E-state index >= 15 is 0 Å². The summed E-state index contributed by atoms with van der Waals surface area (Å²) in [7, 11) is 1.94. The van der Waals surface area contributed by atoms with Crippen molar-refractivity contribution in [1.82, 2.24) is 15.5 Å². The number of nitrogens with zero attached hydrogens (tertiary/aromatic N) is 2. The number of likely N-dealkylation sites (N-methyl/N-ethyl adjacent to an activating group) is 1. The highest BCUT2D eigenvalue weighted by molar-refractivity contribution is 6.02. The molecule has 32 heavy (non-hydrogen) atoms. The number of hydroxylamine groups is 3. The summed E-state index contributed by atoms with van der Waals surface area (Å²) < 4.78 is 4.62. The molecule has 0 saturated carbocycles. The van der Waals surface area contributed by atoms with Crippen LogP contribution in [0.25, 0.3) is 0 Å². The van der Waals surface area contributed by atoms with E-state index in [4.69, 9.17) is 4.74 Å². The van der Waals surface area contributed by atoms with Crippen molar-refractivity contribution >= 4 is 23.4 Å². The molecule has 3 amide bonds. The zero-order valence-corrected chi connectivity index (χ0v) is 18.4. The van der Waals surface area contributed by atoms with Gasteiger partial charge in [0.1, 0.15) is 6.54 Å². The van der Waals surface area contributed by atoms with Gasteiger partial charge in [-0.05, 0) is 25.6 Å². The van der Waals surface area contributed by atoms with E-state index in [2.05, 4.69) is 20.9 Å². The number of morpholine rings is 1. The average Bonchev–Trinajstić information content (AvgIpc) is 3.04. The smallest absolute Gasteiger partial charge is 0.347 e. The third-order valence-corrected chi connectivity index (χ3v) is 6.54. The summed E-state index contributed by atoms with van der Waals surface area (Å²) in [6, 6.07) is 4.14. The molecule has 0 spiro atoms. The summed E-state index contributed by atoms with van der Waals surface area (Å²) in [6.45, 7) is 4.99. The zero-order valence-electron chi connectivity index (χ0n) is 18.4. The molecule has 0 radical (unpaired) electrons. The lowest BCUT2D eigenvalue weighted by Crippen LogP contribution is -2.60. The monoisotopic (exact) mass is 445 g/mol. The Balaban J connectivity index is 1.39. The Morgan fingerprint density at radius 1 is 1.28 bits per heavy atom. The Morgan fingerprint density at radius 2 is 2.12 bits per heavy atom. The van der Waals surface area contributed by atoms with Crippen molar-refractivity contribution < 1.29 is 23.8 Å². The maximum atomic E-state index is 13.5. The van der Waals surface area contributed by atoms with Gasteiger partial charge >= 0.3 is 5.91 Å². The Bertz CT molecular complexity index is 893. The minimum atomic E-state index is -1.26. The van der Waals surface area contributed by atoms with Gasteiger partial charge in [-0.25, -0.2) is 4.79 Å². The van der Waals surface area contributed by atoms with Crippen LogP contribution < -0.4 is 16.0 Å². The van der Waals surface area contributed by atoms with Gasteiger partial charge in [0, 0.05) is 56.8 Å². The van der Waals surface area contributed by atoms with Crippen LogP contribution in [0.3, 0.4) is 0 Å². The number of anilines is 1. The van der Waals surface area contributed by atoms with Crippen molar-refractivity contribution in [3.8, 4) is 0 Å². The van der Waals surface area contributed by atoms with Crippen molar-refractivity contribution in [2.24, 2.45) is 0 Å². The highest BCUT2D eigenvalue weighted by Crippen LogP contribution is 2.37. The number of rotatable bonds is 8. The molecule has 2 fully saturated rings. The number of piperidine rings is 1. The Kier molecular flexibility index (Phi) is 6.87. The largest absolute Gasteiger partial charge is 0.624 e. The lowest BCUT2D eigenvalue weighted by atomic mass is 10.0. The van der Waals surface area contributed by atoms with Gasteiger partial charge < -0.3 is 20.6 Å². The van der Waals surface area contributed by atoms with Crippen LogP contribution in [0.4, 0.5) is 5.69 Å². The molecule has 1 aromatic carbocycles. The second-order valence-electron chi connectivity index (χ2n) is 8.67. The number of amides is 3. The standard InChI is InChI=1S/C22H31N5O5/c1-23-9-10-26-11-12-32-15(13-26)7-8-24-18-4-2-3-16-17(18)14-27(31,22(16)30)19-5-6-20(28)25-21(19)29/h2-4,15,19,23-24H,5-14H2,1H3,(H,25,28,29)/t15-,19?,27?/m0/s1. The molecule has 10 nitrogen and oxygen atoms in total. The number of hydrogen-bond acceptors (Lipinski definition) is 8. The molecule has 3 aliphatic heterocycles. The maximum absolute atomic E-state index is 13.5. The topological polar surface area (TPSA) is 123 Å². The first kappa shape index (κ1) is 22.8. The first-order valence-electron chi connectivity index (χ1n) is 11.2. The highest BCUT2D eigenvalue weighted by Gasteiger charge is 2.50. The van der Waals surface area contributed by atoms with E-state index in [1.165, 1.54) is 0 Å². The molecule has 3 aliphatic rings. The number of benzene rings is 1. The molecular formula is C22H31N5O5. The Hall–Kier alpha value is -2.37. The van der Waals surface area contributed by atoms with E-state index in [0.717, 1.165) is 38.3 Å². The van der Waals surface area contributed by atoms with Gasteiger partial charge in [0.2, 0.25) is 5.91 Å². The van der Waals surface area contributed by atoms with Crippen LogP contribution in [-0.4, -0.2) is 85.8 Å². The third-order valence-electron chi connectivity index (χ3n) is 6.54. The number of quaternary nitrogens is 1. The van der Waals surface area contributed by atoms with Gasteiger partial charge in [-0.3, -0.25) is 24.5 Å². The number of carbonyl (C=O) groups is 3. The molecule has 10 heteroatoms. The fourth-order valence-electron chi connectivity index (χ4n) is 4.76. The summed E-state index contributed by atoms with van der Waals surface area (Å²) in [4.78, 5) is 39.1. The zero-order chi connectivity index (χ0) is 22.7. The number of imide groups is 1. The summed E-state index contributed by atoms with van der Waals surface area (Å²) in [5, 5.41) is 22.2. The molecule has 0 aromatic heterocycles. The fraction of sp³-hybridized carbons (Fsp3) is 0.591. The first-order valence-corrected chi connectivity index (χ1v) is 11.2. The van der Waals surface area contributed by atoms with Crippen LogP contribution >= 0.6 is 0 Å². The predicted octanol–water partition coefficient (Wildman–Crippen LogP) is 0.182. The summed E-state index contributed by atoms with van der Waals surface area (Å²) in [5.41, 5.74) is 1.72. The molecule has 174 valence electrons. The second kappa shape index (κ2) is 9.63. The van der Waals surface area contributed by atoms with Crippen molar-refractivity contribution in [3.05, 3.63) is 34.5 Å². The number of ether oxygens (including phenoxy) is 1. The number of fused-ring (bicyclic) bond motifs is 1. The number of nitrogens with one attached hydrogen (secondary N) is 3. The molecule has 3 heterocycles. The summed E-state index contributed by atoms with van der Waals surface area (Å²) in [5.74, 6) is -1.68. The van der Waals surface area contributed by atoms with E-state index in [1.807, 2.05) is 13.1 Å². The van der Waals surface area contributed by atoms with Crippen LogP contribution in [0.15, 0.2) is 18.2 Å². The second-order valence-corrected chi connectivity index (χ2v) is 8.67. The Labute approximate surface area is 187 Å². The molecular weight excluding hydrogens is 414 g/mol. The molecule has 4 rings (SSSR count). The lowest BCUT2D eigenvalue weighted by molar-refractivity contribution is -0.825. The van der Waals surface area contributed by atoms with E-state index in [0.29, 0.717) is 24.3 Å². The summed E-state index contributed by atoms with van der Waals surface area (Å²) >= 11 is 0.